The molecule has 174 valence electrons. The number of ketones is 1. The van der Waals surface area contributed by atoms with E-state index in [2.05, 4.69) is 20.3 Å². The molecular formula is C23H27N5O4S. The van der Waals surface area contributed by atoms with E-state index in [9.17, 15) is 14.4 Å². The summed E-state index contributed by atoms with van der Waals surface area (Å²) in [7, 11) is 0. The van der Waals surface area contributed by atoms with Gasteiger partial charge in [-0.05, 0) is 32.1 Å². The van der Waals surface area contributed by atoms with Crippen LogP contribution in [0.15, 0.2) is 18.6 Å². The zero-order valence-electron chi connectivity index (χ0n) is 18.5. The SMILES string of the molecule is Cc1ncc(-c2cnc(C(=O)NC(C(=O)N3CC[C@H]4OCC(=O)[C@H]43)C3CCCCC3)s2)cn1. The van der Waals surface area contributed by atoms with Gasteiger partial charge in [-0.2, -0.15) is 0 Å². The Balaban J connectivity index is 1.35. The van der Waals surface area contributed by atoms with Gasteiger partial charge in [-0.25, -0.2) is 15.0 Å². The van der Waals surface area contributed by atoms with Crippen LogP contribution in [0.4, 0.5) is 0 Å². The number of fused-ring (bicyclic) bond motifs is 1. The first-order valence-electron chi connectivity index (χ1n) is 11.5. The zero-order chi connectivity index (χ0) is 22.9. The van der Waals surface area contributed by atoms with E-state index in [0.29, 0.717) is 23.8 Å². The van der Waals surface area contributed by atoms with Crippen molar-refractivity contribution in [3.63, 3.8) is 0 Å². The minimum absolute atomic E-state index is 0.0514. The third-order valence-electron chi connectivity index (χ3n) is 6.83. The van der Waals surface area contributed by atoms with Crippen molar-refractivity contribution in [3.8, 4) is 10.4 Å². The number of hydrogen-bond acceptors (Lipinski definition) is 8. The quantitative estimate of drug-likeness (QED) is 0.714. The summed E-state index contributed by atoms with van der Waals surface area (Å²) in [6.07, 6.45) is 10.4. The molecule has 2 amide bonds. The lowest BCUT2D eigenvalue weighted by Crippen LogP contribution is -2.55. The molecule has 10 heteroatoms. The summed E-state index contributed by atoms with van der Waals surface area (Å²) < 4.78 is 5.55. The van der Waals surface area contributed by atoms with Crippen LogP contribution in [0.5, 0.6) is 0 Å². The molecule has 2 aliphatic heterocycles. The molecule has 9 nitrogen and oxygen atoms in total. The Morgan fingerprint density at radius 3 is 2.64 bits per heavy atom. The van der Waals surface area contributed by atoms with E-state index in [-0.39, 0.29) is 36.2 Å². The molecule has 1 N–H and O–H groups in total. The molecule has 3 fully saturated rings. The third-order valence-corrected chi connectivity index (χ3v) is 7.88. The first-order chi connectivity index (χ1) is 16.0. The summed E-state index contributed by atoms with van der Waals surface area (Å²) in [5.41, 5.74) is 0.792. The average Bonchev–Trinajstić information content (AvgIpc) is 3.56. The molecule has 4 heterocycles. The van der Waals surface area contributed by atoms with E-state index in [1.54, 1.807) is 23.5 Å². The molecule has 2 aromatic heterocycles. The van der Waals surface area contributed by atoms with E-state index in [0.717, 1.165) is 42.5 Å². The molecule has 0 radical (unpaired) electrons. The number of aromatic nitrogens is 3. The van der Waals surface area contributed by atoms with E-state index >= 15 is 0 Å². The molecule has 1 unspecified atom stereocenters. The summed E-state index contributed by atoms with van der Waals surface area (Å²) in [5, 5.41) is 3.27. The van der Waals surface area contributed by atoms with Crippen LogP contribution in [0, 0.1) is 12.8 Å². The van der Waals surface area contributed by atoms with Crippen LogP contribution in [-0.4, -0.2) is 68.8 Å². The van der Waals surface area contributed by atoms with Gasteiger partial charge in [-0.3, -0.25) is 14.4 Å². The maximum atomic E-state index is 13.6. The van der Waals surface area contributed by atoms with Crippen molar-refractivity contribution in [2.75, 3.05) is 13.2 Å². The average molecular weight is 470 g/mol. The second-order valence-corrected chi connectivity index (χ2v) is 10.0. The number of hydrogen-bond donors (Lipinski definition) is 1. The smallest absolute Gasteiger partial charge is 0.280 e. The second kappa shape index (κ2) is 9.26. The molecular weight excluding hydrogens is 442 g/mol. The van der Waals surface area contributed by atoms with E-state index in [1.165, 1.54) is 11.3 Å². The minimum atomic E-state index is -0.667. The fourth-order valence-corrected chi connectivity index (χ4v) is 5.90. The van der Waals surface area contributed by atoms with Crippen molar-refractivity contribution >= 4 is 28.9 Å². The maximum absolute atomic E-state index is 13.6. The predicted molar refractivity (Wildman–Crippen MR) is 121 cm³/mol. The van der Waals surface area contributed by atoms with Crippen LogP contribution in [0.2, 0.25) is 0 Å². The fourth-order valence-electron chi connectivity index (χ4n) is 5.10. The fraction of sp³-hybridized carbons (Fsp3) is 0.565. The van der Waals surface area contributed by atoms with E-state index in [4.69, 9.17) is 4.74 Å². The lowest BCUT2D eigenvalue weighted by Gasteiger charge is -2.34. The van der Waals surface area contributed by atoms with Gasteiger partial charge in [0.25, 0.3) is 5.91 Å². The van der Waals surface area contributed by atoms with Crippen LogP contribution >= 0.6 is 11.3 Å². The number of nitrogens with zero attached hydrogens (tertiary/aromatic N) is 4. The highest BCUT2D eigenvalue weighted by atomic mass is 32.1. The van der Waals surface area contributed by atoms with Gasteiger partial charge in [0.05, 0.1) is 11.0 Å². The molecule has 2 saturated heterocycles. The highest BCUT2D eigenvalue weighted by molar-refractivity contribution is 7.16. The van der Waals surface area contributed by atoms with Crippen LogP contribution in [0.25, 0.3) is 10.4 Å². The number of carbonyl (C=O) groups excluding carboxylic acids is 3. The van der Waals surface area contributed by atoms with Gasteiger partial charge in [0.15, 0.2) is 10.8 Å². The molecule has 1 aliphatic carbocycles. The Morgan fingerprint density at radius 1 is 1.12 bits per heavy atom. The molecule has 0 bridgehead atoms. The van der Waals surface area contributed by atoms with Gasteiger partial charge >= 0.3 is 0 Å². The Hall–Kier alpha value is -2.72. The van der Waals surface area contributed by atoms with Gasteiger partial charge in [-0.15, -0.1) is 11.3 Å². The summed E-state index contributed by atoms with van der Waals surface area (Å²) in [5.74, 6) is 0.129. The second-order valence-electron chi connectivity index (χ2n) is 8.98. The van der Waals surface area contributed by atoms with Crippen LogP contribution in [0.3, 0.4) is 0 Å². The van der Waals surface area contributed by atoms with Crippen molar-refractivity contribution < 1.29 is 19.1 Å². The number of amides is 2. The normalized spacial score (nSPS) is 24.0. The van der Waals surface area contributed by atoms with Gasteiger partial charge in [0.1, 0.15) is 24.5 Å². The summed E-state index contributed by atoms with van der Waals surface area (Å²) in [6.45, 7) is 2.35. The number of rotatable bonds is 5. The van der Waals surface area contributed by atoms with Crippen molar-refractivity contribution in [2.45, 2.75) is 63.6 Å². The minimum Gasteiger partial charge on any atom is -0.368 e. The zero-order valence-corrected chi connectivity index (χ0v) is 19.3. The summed E-state index contributed by atoms with van der Waals surface area (Å²) >= 11 is 1.25. The summed E-state index contributed by atoms with van der Waals surface area (Å²) in [6, 6.07) is -1.19. The highest BCUT2D eigenvalue weighted by Gasteiger charge is 2.49. The molecule has 0 aromatic carbocycles. The number of likely N-dealkylation sites (tertiary alicyclic amines) is 1. The molecule has 2 aromatic rings. The van der Waals surface area contributed by atoms with Crippen molar-refractivity contribution in [3.05, 3.63) is 29.4 Å². The van der Waals surface area contributed by atoms with E-state index < -0.39 is 12.1 Å². The standard InChI is InChI=1S/C23H27N5O4S/c1-13-24-9-15(10-25-13)18-11-26-22(33-18)21(30)27-19(14-5-3-2-4-6-14)23(31)28-8-7-17-20(28)16(29)12-32-17/h9-11,14,17,19-20H,2-8,12H2,1H3,(H,27,30)/t17-,19?,20-/m1/s1. The van der Waals surface area contributed by atoms with E-state index in [1.807, 2.05) is 6.92 Å². The first kappa shape index (κ1) is 22.1. The van der Waals surface area contributed by atoms with Gasteiger partial charge in [-0.1, -0.05) is 19.3 Å². The predicted octanol–water partition coefficient (Wildman–Crippen LogP) is 2.16. The number of carbonyl (C=O) groups is 3. The molecule has 5 rings (SSSR count). The molecule has 33 heavy (non-hydrogen) atoms. The number of nitrogens with one attached hydrogen (secondary N) is 1. The number of aryl methyl sites for hydroxylation is 1. The Kier molecular flexibility index (Phi) is 6.20. The van der Waals surface area contributed by atoms with Crippen LogP contribution in [0.1, 0.15) is 54.2 Å². The summed E-state index contributed by atoms with van der Waals surface area (Å²) in [4.78, 5) is 54.2. The van der Waals surface area contributed by atoms with Crippen molar-refractivity contribution in [1.29, 1.82) is 0 Å². The maximum Gasteiger partial charge on any atom is 0.280 e. The van der Waals surface area contributed by atoms with Gasteiger partial charge in [0.2, 0.25) is 5.91 Å². The molecule has 0 spiro atoms. The van der Waals surface area contributed by atoms with Crippen molar-refractivity contribution in [1.82, 2.24) is 25.2 Å². The Morgan fingerprint density at radius 2 is 1.88 bits per heavy atom. The van der Waals surface area contributed by atoms with Crippen molar-refractivity contribution in [2.24, 2.45) is 5.92 Å². The third kappa shape index (κ3) is 4.41. The molecule has 3 aliphatic rings. The Labute approximate surface area is 196 Å². The topological polar surface area (TPSA) is 114 Å². The number of ether oxygens (including phenoxy) is 1. The molecule has 1 saturated carbocycles. The Bertz CT molecular complexity index is 1050. The van der Waals surface area contributed by atoms with Gasteiger partial charge in [0, 0.05) is 30.7 Å². The van der Waals surface area contributed by atoms with Crippen LogP contribution < -0.4 is 5.32 Å². The molecule has 3 atom stereocenters. The van der Waals surface area contributed by atoms with Crippen LogP contribution in [-0.2, 0) is 14.3 Å². The van der Waals surface area contributed by atoms with Gasteiger partial charge < -0.3 is 15.0 Å². The lowest BCUT2D eigenvalue weighted by molar-refractivity contribution is -0.139. The highest BCUT2D eigenvalue weighted by Crippen LogP contribution is 2.32. The lowest BCUT2D eigenvalue weighted by atomic mass is 9.83. The number of thiazole rings is 1. The first-order valence-corrected chi connectivity index (χ1v) is 12.3. The largest absolute Gasteiger partial charge is 0.368 e. The monoisotopic (exact) mass is 469 g/mol. The number of Topliss-reactive ketones (excluding diaryl/α,β-unsaturated/α-hetero) is 1.